The Morgan fingerprint density at radius 2 is 1.88 bits per heavy atom. The van der Waals surface area contributed by atoms with Crippen LogP contribution >= 0.6 is 15.9 Å². The normalized spacial score (nSPS) is 26.1. The summed E-state index contributed by atoms with van der Waals surface area (Å²) < 4.78 is 23.8. The van der Waals surface area contributed by atoms with Crippen LogP contribution in [0.3, 0.4) is 0 Å². The summed E-state index contributed by atoms with van der Waals surface area (Å²) in [6.45, 7) is 2.41. The third kappa shape index (κ3) is 2.93. The molecule has 2 rings (SSSR count). The number of rotatable bonds is 2. The van der Waals surface area contributed by atoms with Crippen LogP contribution in [0.5, 0.6) is 0 Å². The maximum atomic E-state index is 11.7. The molecule has 0 aromatic heterocycles. The highest BCUT2D eigenvalue weighted by Crippen LogP contribution is 2.20. The van der Waals surface area contributed by atoms with E-state index >= 15 is 0 Å². The van der Waals surface area contributed by atoms with Gasteiger partial charge < -0.3 is 0 Å². The molecule has 0 radical (unpaired) electrons. The molecule has 2 aliphatic rings. The van der Waals surface area contributed by atoms with Crippen LogP contribution in [0.25, 0.3) is 0 Å². The molecule has 0 amide bonds. The predicted molar refractivity (Wildman–Crippen MR) is 68.3 cm³/mol. The Hall–Kier alpha value is -0.200. The fourth-order valence-corrected chi connectivity index (χ4v) is 4.12. The molecule has 16 heavy (non-hydrogen) atoms. The van der Waals surface area contributed by atoms with Gasteiger partial charge in [0.15, 0.2) is 5.04 Å². The van der Waals surface area contributed by atoms with E-state index in [4.69, 9.17) is 0 Å². The minimum absolute atomic E-state index is 0.279. The monoisotopic (exact) mass is 306 g/mol. The van der Waals surface area contributed by atoms with E-state index in [9.17, 15) is 8.42 Å². The van der Waals surface area contributed by atoms with E-state index < -0.39 is 9.84 Å². The predicted octanol–water partition coefficient (Wildman–Crippen LogP) is 1.88. The highest BCUT2D eigenvalue weighted by molar-refractivity contribution is 9.11. The largest absolute Gasteiger partial charge is 0.297 e. The SMILES string of the molecule is O=S1(=O)C=C(Br)N=C1CN1CCCCCC1. The van der Waals surface area contributed by atoms with E-state index in [-0.39, 0.29) is 5.04 Å². The lowest BCUT2D eigenvalue weighted by Gasteiger charge is -2.18. The van der Waals surface area contributed by atoms with Crippen molar-refractivity contribution in [3.05, 3.63) is 10.0 Å². The van der Waals surface area contributed by atoms with Gasteiger partial charge >= 0.3 is 0 Å². The molecule has 0 atom stereocenters. The van der Waals surface area contributed by atoms with Gasteiger partial charge in [-0.25, -0.2) is 13.4 Å². The minimum Gasteiger partial charge on any atom is -0.297 e. The van der Waals surface area contributed by atoms with Gasteiger partial charge in [0.25, 0.3) is 0 Å². The Balaban J connectivity index is 2.03. The number of aliphatic imine (C=N–C) groups is 1. The molecule has 0 aromatic carbocycles. The molecule has 4 nitrogen and oxygen atoms in total. The molecule has 2 aliphatic heterocycles. The lowest BCUT2D eigenvalue weighted by molar-refractivity contribution is 0.326. The van der Waals surface area contributed by atoms with E-state index in [0.29, 0.717) is 11.2 Å². The van der Waals surface area contributed by atoms with Gasteiger partial charge in [0, 0.05) is 0 Å². The quantitative estimate of drug-likeness (QED) is 0.732. The topological polar surface area (TPSA) is 49.7 Å². The zero-order valence-corrected chi connectivity index (χ0v) is 11.4. The molecule has 6 heteroatoms. The maximum Gasteiger partial charge on any atom is 0.217 e. The molecular formula is C10H15BrN2O2S. The lowest BCUT2D eigenvalue weighted by Crippen LogP contribution is -2.32. The summed E-state index contributed by atoms with van der Waals surface area (Å²) in [6, 6.07) is 0. The average molecular weight is 307 g/mol. The third-order valence-corrected chi connectivity index (χ3v) is 4.99. The Labute approximate surface area is 104 Å². The molecule has 0 saturated carbocycles. The standard InChI is InChI=1S/C10H15BrN2O2S/c11-9-8-16(14,15)10(12-9)7-13-5-3-1-2-4-6-13/h8H,1-7H2. The summed E-state index contributed by atoms with van der Waals surface area (Å²) in [6.07, 6.45) is 4.80. The number of hydrogen-bond acceptors (Lipinski definition) is 4. The summed E-state index contributed by atoms with van der Waals surface area (Å²) in [5.74, 6) is 0. The fourth-order valence-electron chi connectivity index (χ4n) is 2.02. The van der Waals surface area contributed by atoms with Crippen LogP contribution in [0.2, 0.25) is 0 Å². The highest BCUT2D eigenvalue weighted by Gasteiger charge is 2.26. The van der Waals surface area contributed by atoms with Crippen molar-refractivity contribution in [3.63, 3.8) is 0 Å². The van der Waals surface area contributed by atoms with Crippen molar-refractivity contribution in [3.8, 4) is 0 Å². The van der Waals surface area contributed by atoms with Crippen LogP contribution < -0.4 is 0 Å². The van der Waals surface area contributed by atoms with Crippen molar-refractivity contribution in [1.82, 2.24) is 4.90 Å². The van der Waals surface area contributed by atoms with Crippen LogP contribution in [0, 0.1) is 0 Å². The summed E-state index contributed by atoms with van der Waals surface area (Å²) in [7, 11) is -3.25. The van der Waals surface area contributed by atoms with Crippen LogP contribution in [-0.2, 0) is 9.84 Å². The zero-order chi connectivity index (χ0) is 11.6. The van der Waals surface area contributed by atoms with Gasteiger partial charge in [-0.2, -0.15) is 0 Å². The molecule has 0 bridgehead atoms. The first-order valence-electron chi connectivity index (χ1n) is 5.50. The fraction of sp³-hybridized carbons (Fsp3) is 0.700. The van der Waals surface area contributed by atoms with Gasteiger partial charge in [-0.1, -0.05) is 12.8 Å². The number of halogens is 1. The molecule has 1 fully saturated rings. The summed E-state index contributed by atoms with van der Waals surface area (Å²) in [5.41, 5.74) is 0. The second kappa shape index (κ2) is 4.98. The Morgan fingerprint density at radius 1 is 1.25 bits per heavy atom. The Bertz CT molecular complexity index is 420. The Morgan fingerprint density at radius 3 is 2.38 bits per heavy atom. The molecule has 90 valence electrons. The Kier molecular flexibility index (Phi) is 3.81. The molecule has 0 unspecified atom stereocenters. The minimum atomic E-state index is -3.25. The molecular weight excluding hydrogens is 292 g/mol. The van der Waals surface area contributed by atoms with Crippen molar-refractivity contribution >= 4 is 30.8 Å². The van der Waals surface area contributed by atoms with Gasteiger partial charge in [-0.15, -0.1) is 0 Å². The highest BCUT2D eigenvalue weighted by atomic mass is 79.9. The molecule has 1 saturated heterocycles. The number of sulfone groups is 1. The van der Waals surface area contributed by atoms with E-state index in [2.05, 4.69) is 25.8 Å². The second-order valence-electron chi connectivity index (χ2n) is 4.18. The second-order valence-corrected chi connectivity index (χ2v) is 6.79. The van der Waals surface area contributed by atoms with Crippen LogP contribution in [0.4, 0.5) is 0 Å². The van der Waals surface area contributed by atoms with Gasteiger partial charge in [-0.05, 0) is 41.9 Å². The van der Waals surface area contributed by atoms with Crippen molar-refractivity contribution in [1.29, 1.82) is 0 Å². The van der Waals surface area contributed by atoms with Gasteiger partial charge in [-0.3, -0.25) is 4.90 Å². The average Bonchev–Trinajstić information content (AvgIpc) is 2.43. The van der Waals surface area contributed by atoms with Crippen molar-refractivity contribution in [2.24, 2.45) is 4.99 Å². The molecule has 0 N–H and O–H groups in total. The zero-order valence-electron chi connectivity index (χ0n) is 9.02. The first-order valence-corrected chi connectivity index (χ1v) is 7.84. The van der Waals surface area contributed by atoms with Gasteiger partial charge in [0.05, 0.1) is 12.0 Å². The first kappa shape index (κ1) is 12.3. The van der Waals surface area contributed by atoms with Crippen molar-refractivity contribution in [2.45, 2.75) is 25.7 Å². The summed E-state index contributed by atoms with van der Waals surface area (Å²) in [5, 5.41) is 1.46. The number of hydrogen-bond donors (Lipinski definition) is 0. The van der Waals surface area contributed by atoms with Crippen molar-refractivity contribution < 1.29 is 8.42 Å². The maximum absolute atomic E-state index is 11.7. The summed E-state index contributed by atoms with van der Waals surface area (Å²) in [4.78, 5) is 6.21. The van der Waals surface area contributed by atoms with E-state index in [1.165, 1.54) is 18.2 Å². The van der Waals surface area contributed by atoms with Gasteiger partial charge in [0.2, 0.25) is 9.84 Å². The van der Waals surface area contributed by atoms with Crippen LogP contribution in [-0.4, -0.2) is 38.0 Å². The smallest absolute Gasteiger partial charge is 0.217 e. The van der Waals surface area contributed by atoms with E-state index in [1.54, 1.807) is 0 Å². The molecule has 2 heterocycles. The molecule has 0 aliphatic carbocycles. The van der Waals surface area contributed by atoms with Crippen molar-refractivity contribution in [2.75, 3.05) is 19.6 Å². The third-order valence-electron chi connectivity index (χ3n) is 2.87. The van der Waals surface area contributed by atoms with E-state index in [0.717, 1.165) is 25.9 Å². The lowest BCUT2D eigenvalue weighted by atomic mass is 10.2. The number of likely N-dealkylation sites (tertiary alicyclic amines) is 1. The van der Waals surface area contributed by atoms with Crippen LogP contribution in [0.1, 0.15) is 25.7 Å². The van der Waals surface area contributed by atoms with E-state index in [1.807, 2.05) is 0 Å². The van der Waals surface area contributed by atoms with Crippen LogP contribution in [0.15, 0.2) is 15.0 Å². The molecule has 0 spiro atoms. The first-order chi connectivity index (χ1) is 7.58. The molecule has 0 aromatic rings. The number of nitrogens with zero attached hydrogens (tertiary/aromatic N) is 2. The summed E-state index contributed by atoms with van der Waals surface area (Å²) >= 11 is 3.11. The van der Waals surface area contributed by atoms with Gasteiger partial charge in [0.1, 0.15) is 4.61 Å².